The Balaban J connectivity index is 2.26. The predicted molar refractivity (Wildman–Crippen MR) is 107 cm³/mol. The number of nitrogens with one attached hydrogen (secondary N) is 2. The van der Waals surface area contributed by atoms with Crippen molar-refractivity contribution in [3.05, 3.63) is 33.5 Å². The number of imidazole rings is 1. The highest BCUT2D eigenvalue weighted by molar-refractivity contribution is 5.74. The standard InChI is InChI=1S/C18H29N5O5/c1-5-8-27-11-13(24)10-23-14-15(22(4)18(26)21-16(14)25)20-17(23)19-7-6-9-28-12(2)3/h5,12-13,24H,1,6-11H2,2-4H3,(H,19,20)(H,21,25,26). The molecular weight excluding hydrogens is 366 g/mol. The van der Waals surface area contributed by atoms with Crippen LogP contribution in [0.1, 0.15) is 20.3 Å². The van der Waals surface area contributed by atoms with Gasteiger partial charge in [-0.25, -0.2) is 4.79 Å². The normalized spacial score (nSPS) is 12.6. The summed E-state index contributed by atoms with van der Waals surface area (Å²) in [5.41, 5.74) is -0.644. The van der Waals surface area contributed by atoms with E-state index < -0.39 is 17.4 Å². The summed E-state index contributed by atoms with van der Waals surface area (Å²) in [4.78, 5) is 30.9. The van der Waals surface area contributed by atoms with Gasteiger partial charge >= 0.3 is 5.69 Å². The number of fused-ring (bicyclic) bond motifs is 1. The zero-order valence-electron chi connectivity index (χ0n) is 16.6. The molecule has 0 saturated heterocycles. The van der Waals surface area contributed by atoms with Gasteiger partial charge in [-0.05, 0) is 20.3 Å². The van der Waals surface area contributed by atoms with E-state index in [9.17, 15) is 14.7 Å². The fraction of sp³-hybridized carbons (Fsp3) is 0.611. The summed E-state index contributed by atoms with van der Waals surface area (Å²) in [5, 5.41) is 13.4. The van der Waals surface area contributed by atoms with Crippen molar-refractivity contribution in [1.29, 1.82) is 0 Å². The van der Waals surface area contributed by atoms with Crippen molar-refractivity contribution in [2.24, 2.45) is 7.05 Å². The van der Waals surface area contributed by atoms with E-state index >= 15 is 0 Å². The quantitative estimate of drug-likeness (QED) is 0.347. The first-order chi connectivity index (χ1) is 13.3. The van der Waals surface area contributed by atoms with Crippen molar-refractivity contribution < 1.29 is 14.6 Å². The Morgan fingerprint density at radius 2 is 2.14 bits per heavy atom. The monoisotopic (exact) mass is 395 g/mol. The van der Waals surface area contributed by atoms with Crippen LogP contribution in [0.2, 0.25) is 0 Å². The molecule has 0 spiro atoms. The lowest BCUT2D eigenvalue weighted by Crippen LogP contribution is -2.30. The van der Waals surface area contributed by atoms with E-state index in [1.807, 2.05) is 13.8 Å². The number of hydrogen-bond acceptors (Lipinski definition) is 7. The Morgan fingerprint density at radius 3 is 2.82 bits per heavy atom. The molecular formula is C18H29N5O5. The minimum Gasteiger partial charge on any atom is -0.389 e. The summed E-state index contributed by atoms with van der Waals surface area (Å²) in [5.74, 6) is 0.397. The summed E-state index contributed by atoms with van der Waals surface area (Å²) in [6.07, 6.45) is 1.62. The van der Waals surface area contributed by atoms with Crippen LogP contribution in [0.5, 0.6) is 0 Å². The molecule has 0 aliphatic carbocycles. The van der Waals surface area contributed by atoms with Crippen molar-refractivity contribution in [3.63, 3.8) is 0 Å². The van der Waals surface area contributed by atoms with Crippen molar-refractivity contribution >= 4 is 17.1 Å². The van der Waals surface area contributed by atoms with E-state index in [1.165, 1.54) is 11.6 Å². The molecule has 10 heteroatoms. The van der Waals surface area contributed by atoms with E-state index in [0.29, 0.717) is 25.7 Å². The maximum Gasteiger partial charge on any atom is 0.329 e. The average Bonchev–Trinajstić information content (AvgIpc) is 2.98. The van der Waals surface area contributed by atoms with Crippen LogP contribution in [0, 0.1) is 0 Å². The second-order valence-electron chi connectivity index (χ2n) is 6.72. The summed E-state index contributed by atoms with van der Waals surface area (Å²) in [6.45, 7) is 9.12. The molecule has 0 radical (unpaired) electrons. The fourth-order valence-electron chi connectivity index (χ4n) is 2.69. The predicted octanol–water partition coefficient (Wildman–Crippen LogP) is 0.214. The third-order valence-electron chi connectivity index (χ3n) is 4.00. The number of nitrogens with zero attached hydrogens (tertiary/aromatic N) is 3. The van der Waals surface area contributed by atoms with Gasteiger partial charge in [0, 0.05) is 20.2 Å². The molecule has 28 heavy (non-hydrogen) atoms. The second kappa shape index (κ2) is 10.2. The lowest BCUT2D eigenvalue weighted by Gasteiger charge is -2.15. The van der Waals surface area contributed by atoms with Crippen LogP contribution in [0.3, 0.4) is 0 Å². The second-order valence-corrected chi connectivity index (χ2v) is 6.72. The minimum absolute atomic E-state index is 0.0804. The molecule has 0 amide bonds. The highest BCUT2D eigenvalue weighted by atomic mass is 16.5. The number of aromatic nitrogens is 4. The third-order valence-corrected chi connectivity index (χ3v) is 4.00. The van der Waals surface area contributed by atoms with Gasteiger partial charge in [0.05, 0.1) is 32.0 Å². The lowest BCUT2D eigenvalue weighted by atomic mass is 10.3. The Morgan fingerprint density at radius 1 is 1.39 bits per heavy atom. The van der Waals surface area contributed by atoms with Gasteiger partial charge in [-0.15, -0.1) is 6.58 Å². The molecule has 2 aromatic heterocycles. The molecule has 2 aromatic rings. The molecule has 0 aromatic carbocycles. The third kappa shape index (κ3) is 5.54. The summed E-state index contributed by atoms with van der Waals surface area (Å²) < 4.78 is 13.6. The summed E-state index contributed by atoms with van der Waals surface area (Å²) >= 11 is 0. The number of hydrogen-bond donors (Lipinski definition) is 3. The van der Waals surface area contributed by atoms with Gasteiger partial charge in [-0.3, -0.25) is 14.3 Å². The van der Waals surface area contributed by atoms with Crippen LogP contribution >= 0.6 is 0 Å². The maximum absolute atomic E-state index is 12.4. The Bertz CT molecular complexity index is 898. The smallest absolute Gasteiger partial charge is 0.329 e. The Labute approximate surface area is 162 Å². The van der Waals surface area contributed by atoms with Crippen molar-refractivity contribution in [1.82, 2.24) is 19.1 Å². The molecule has 0 aliphatic rings. The van der Waals surface area contributed by atoms with E-state index in [0.717, 1.165) is 6.42 Å². The van der Waals surface area contributed by atoms with Crippen LogP contribution < -0.4 is 16.6 Å². The molecule has 156 valence electrons. The van der Waals surface area contributed by atoms with Crippen molar-refractivity contribution in [3.8, 4) is 0 Å². The molecule has 0 saturated carbocycles. The van der Waals surface area contributed by atoms with Gasteiger partial charge in [0.1, 0.15) is 0 Å². The van der Waals surface area contributed by atoms with Gasteiger partial charge in [-0.2, -0.15) is 4.98 Å². The van der Waals surface area contributed by atoms with Crippen molar-refractivity contribution in [2.75, 3.05) is 31.7 Å². The zero-order chi connectivity index (χ0) is 20.7. The Kier molecular flexibility index (Phi) is 7.97. The van der Waals surface area contributed by atoms with Gasteiger partial charge in [0.2, 0.25) is 5.95 Å². The highest BCUT2D eigenvalue weighted by Gasteiger charge is 2.19. The van der Waals surface area contributed by atoms with Gasteiger partial charge < -0.3 is 24.5 Å². The molecule has 1 atom stereocenters. The maximum atomic E-state index is 12.4. The first kappa shape index (κ1) is 21.9. The molecule has 2 heterocycles. The number of H-pyrrole nitrogens is 1. The molecule has 2 rings (SSSR count). The van der Waals surface area contributed by atoms with Crippen molar-refractivity contribution in [2.45, 2.75) is 39.0 Å². The van der Waals surface area contributed by atoms with Gasteiger partial charge in [0.25, 0.3) is 5.56 Å². The number of aromatic amines is 1. The molecule has 10 nitrogen and oxygen atoms in total. The van der Waals surface area contributed by atoms with E-state index in [1.54, 1.807) is 10.6 Å². The van der Waals surface area contributed by atoms with E-state index in [-0.39, 0.29) is 30.4 Å². The van der Waals surface area contributed by atoms with Crippen LogP contribution in [0.4, 0.5) is 5.95 Å². The molecule has 1 unspecified atom stereocenters. The Hall–Kier alpha value is -2.43. The summed E-state index contributed by atoms with van der Waals surface area (Å²) in [7, 11) is 1.53. The first-order valence-corrected chi connectivity index (χ1v) is 9.26. The van der Waals surface area contributed by atoms with Crippen LogP contribution in [0.15, 0.2) is 22.2 Å². The number of aryl methyl sites for hydroxylation is 1. The average molecular weight is 395 g/mol. The number of aliphatic hydroxyl groups excluding tert-OH is 1. The fourth-order valence-corrected chi connectivity index (χ4v) is 2.69. The number of ether oxygens (including phenoxy) is 2. The topological polar surface area (TPSA) is 123 Å². The van der Waals surface area contributed by atoms with Crippen LogP contribution in [-0.2, 0) is 23.1 Å². The number of anilines is 1. The van der Waals surface area contributed by atoms with E-state index in [2.05, 4.69) is 21.9 Å². The zero-order valence-corrected chi connectivity index (χ0v) is 16.6. The molecule has 0 fully saturated rings. The molecule has 0 aliphatic heterocycles. The van der Waals surface area contributed by atoms with Crippen LogP contribution in [-0.4, -0.2) is 62.8 Å². The first-order valence-electron chi connectivity index (χ1n) is 9.26. The van der Waals surface area contributed by atoms with Gasteiger partial charge in [0.15, 0.2) is 11.2 Å². The number of aliphatic hydroxyl groups is 1. The highest BCUT2D eigenvalue weighted by Crippen LogP contribution is 2.16. The molecule has 3 N–H and O–H groups in total. The van der Waals surface area contributed by atoms with E-state index in [4.69, 9.17) is 9.47 Å². The molecule has 0 bridgehead atoms. The van der Waals surface area contributed by atoms with Crippen LogP contribution in [0.25, 0.3) is 11.2 Å². The number of rotatable bonds is 12. The largest absolute Gasteiger partial charge is 0.389 e. The van der Waals surface area contributed by atoms with Gasteiger partial charge in [-0.1, -0.05) is 6.08 Å². The lowest BCUT2D eigenvalue weighted by molar-refractivity contribution is 0.0405. The SMILES string of the molecule is C=CCOCC(O)Cn1c(NCCCOC(C)C)nc2c1c(=O)[nH]c(=O)n2C. The minimum atomic E-state index is -0.862. The summed E-state index contributed by atoms with van der Waals surface area (Å²) in [6, 6.07) is 0.